The quantitative estimate of drug-likeness (QED) is 0.812. The lowest BCUT2D eigenvalue weighted by Gasteiger charge is -2.27. The lowest BCUT2D eigenvalue weighted by Crippen LogP contribution is -2.35. The number of piperidine rings is 1. The molecule has 2 aliphatic heterocycles. The van der Waals surface area contributed by atoms with Gasteiger partial charge in [0.25, 0.3) is 0 Å². The highest BCUT2D eigenvalue weighted by molar-refractivity contribution is 5.76. The number of benzene rings is 1. The zero-order chi connectivity index (χ0) is 16.4. The zero-order valence-corrected chi connectivity index (χ0v) is 14.1. The van der Waals surface area contributed by atoms with Gasteiger partial charge in [-0.2, -0.15) is 0 Å². The molecule has 124 valence electrons. The van der Waals surface area contributed by atoms with Crippen LogP contribution in [0.4, 0.5) is 5.69 Å². The number of fused-ring (bicyclic) bond motifs is 1. The van der Waals surface area contributed by atoms with Crippen molar-refractivity contribution in [3.8, 4) is 11.1 Å². The summed E-state index contributed by atoms with van der Waals surface area (Å²) in [6, 6.07) is 9.34. The minimum Gasteiger partial charge on any atom is -0.387 e. The lowest BCUT2D eigenvalue weighted by molar-refractivity contribution is 0.479. The molecule has 1 fully saturated rings. The Morgan fingerprint density at radius 2 is 2.00 bits per heavy atom. The molecule has 0 aliphatic carbocycles. The van der Waals surface area contributed by atoms with Gasteiger partial charge in [0.15, 0.2) is 0 Å². The minimum absolute atomic E-state index is 0.549. The Kier molecular flexibility index (Phi) is 4.22. The van der Waals surface area contributed by atoms with Gasteiger partial charge in [0.05, 0.1) is 0 Å². The van der Waals surface area contributed by atoms with E-state index in [1.807, 2.05) is 19.3 Å². The van der Waals surface area contributed by atoms with Crippen molar-refractivity contribution >= 4 is 11.8 Å². The number of aryl methyl sites for hydroxylation is 1. The Bertz CT molecular complexity index is 743. The maximum Gasteiger partial charge on any atom is 0.0421 e. The predicted molar refractivity (Wildman–Crippen MR) is 99.8 cm³/mol. The van der Waals surface area contributed by atoms with E-state index in [2.05, 4.69) is 51.3 Å². The SMILES string of the molecule is Cc1ccc(-c2cc3c(c(NC4CCNCC4)c2)CNC=C3)cn1. The molecule has 1 aromatic heterocycles. The largest absolute Gasteiger partial charge is 0.387 e. The summed E-state index contributed by atoms with van der Waals surface area (Å²) in [7, 11) is 0. The van der Waals surface area contributed by atoms with Crippen molar-refractivity contribution in [2.75, 3.05) is 18.4 Å². The zero-order valence-electron chi connectivity index (χ0n) is 14.1. The summed E-state index contributed by atoms with van der Waals surface area (Å²) in [5.41, 5.74) is 7.36. The molecule has 0 unspecified atom stereocenters. The van der Waals surface area contributed by atoms with Gasteiger partial charge < -0.3 is 16.0 Å². The number of hydrogen-bond donors (Lipinski definition) is 3. The molecule has 0 bridgehead atoms. The van der Waals surface area contributed by atoms with Crippen molar-refractivity contribution in [1.29, 1.82) is 0 Å². The average Bonchev–Trinajstić information content (AvgIpc) is 2.63. The topological polar surface area (TPSA) is 49.0 Å². The van der Waals surface area contributed by atoms with Crippen molar-refractivity contribution < 1.29 is 0 Å². The van der Waals surface area contributed by atoms with Crippen molar-refractivity contribution in [2.24, 2.45) is 0 Å². The van der Waals surface area contributed by atoms with E-state index in [1.165, 1.54) is 40.8 Å². The van der Waals surface area contributed by atoms with Gasteiger partial charge in [-0.1, -0.05) is 6.07 Å². The molecule has 0 spiro atoms. The summed E-state index contributed by atoms with van der Waals surface area (Å²) >= 11 is 0. The van der Waals surface area contributed by atoms with Gasteiger partial charge in [-0.15, -0.1) is 0 Å². The molecule has 2 aromatic rings. The van der Waals surface area contributed by atoms with E-state index in [1.54, 1.807) is 0 Å². The highest BCUT2D eigenvalue weighted by atomic mass is 15.0. The third kappa shape index (κ3) is 3.15. The van der Waals surface area contributed by atoms with Crippen LogP contribution >= 0.6 is 0 Å². The Labute approximate surface area is 143 Å². The van der Waals surface area contributed by atoms with E-state index < -0.39 is 0 Å². The van der Waals surface area contributed by atoms with Crippen LogP contribution in [-0.2, 0) is 6.54 Å². The van der Waals surface area contributed by atoms with E-state index >= 15 is 0 Å². The molecule has 0 saturated carbocycles. The van der Waals surface area contributed by atoms with E-state index in [0.29, 0.717) is 6.04 Å². The van der Waals surface area contributed by atoms with Crippen LogP contribution in [0, 0.1) is 6.92 Å². The molecule has 4 nitrogen and oxygen atoms in total. The first-order valence-corrected chi connectivity index (χ1v) is 8.77. The third-order valence-electron chi connectivity index (χ3n) is 4.89. The molecule has 4 rings (SSSR count). The first-order chi connectivity index (χ1) is 11.8. The Morgan fingerprint density at radius 3 is 2.79 bits per heavy atom. The fraction of sp³-hybridized carbons (Fsp3) is 0.350. The summed E-state index contributed by atoms with van der Waals surface area (Å²) < 4.78 is 0. The molecule has 1 saturated heterocycles. The monoisotopic (exact) mass is 320 g/mol. The number of nitrogens with zero attached hydrogens (tertiary/aromatic N) is 1. The maximum atomic E-state index is 4.45. The molecule has 2 aliphatic rings. The number of rotatable bonds is 3. The number of anilines is 1. The molecule has 24 heavy (non-hydrogen) atoms. The van der Waals surface area contributed by atoms with Gasteiger partial charge in [0.1, 0.15) is 0 Å². The van der Waals surface area contributed by atoms with Crippen LogP contribution in [0.25, 0.3) is 17.2 Å². The Morgan fingerprint density at radius 1 is 1.12 bits per heavy atom. The van der Waals surface area contributed by atoms with E-state index in [4.69, 9.17) is 0 Å². The normalized spacial score (nSPS) is 17.2. The molecule has 4 heteroatoms. The second-order valence-electron chi connectivity index (χ2n) is 6.66. The van der Waals surface area contributed by atoms with Gasteiger partial charge in [-0.05, 0) is 74.5 Å². The summed E-state index contributed by atoms with van der Waals surface area (Å²) in [6.45, 7) is 5.10. The first-order valence-electron chi connectivity index (χ1n) is 8.77. The number of aromatic nitrogens is 1. The number of hydrogen-bond acceptors (Lipinski definition) is 4. The van der Waals surface area contributed by atoms with Crippen LogP contribution in [0.3, 0.4) is 0 Å². The molecule has 3 heterocycles. The van der Waals surface area contributed by atoms with Gasteiger partial charge >= 0.3 is 0 Å². The second kappa shape index (κ2) is 6.65. The summed E-state index contributed by atoms with van der Waals surface area (Å²) in [5, 5.41) is 10.6. The molecular formula is C20H24N4. The fourth-order valence-corrected chi connectivity index (χ4v) is 3.47. The Balaban J connectivity index is 1.71. The summed E-state index contributed by atoms with van der Waals surface area (Å²) in [5.74, 6) is 0. The Hall–Kier alpha value is -2.33. The number of nitrogens with one attached hydrogen (secondary N) is 3. The van der Waals surface area contributed by atoms with Crippen LogP contribution in [0.2, 0.25) is 0 Å². The lowest BCUT2D eigenvalue weighted by atomic mass is 9.95. The van der Waals surface area contributed by atoms with Gasteiger partial charge in [-0.25, -0.2) is 0 Å². The average molecular weight is 320 g/mol. The van der Waals surface area contributed by atoms with Crippen LogP contribution in [0.15, 0.2) is 36.7 Å². The number of pyridine rings is 1. The predicted octanol–water partition coefficient (Wildman–Crippen LogP) is 3.29. The standard InChI is InChI=1S/C20H24N4/c1-14-2-3-16(12-23-14)17-10-15-4-7-22-13-19(15)20(11-17)24-18-5-8-21-9-6-18/h2-4,7,10-12,18,21-22,24H,5-6,8-9,13H2,1H3. The molecule has 0 amide bonds. The highest BCUT2D eigenvalue weighted by Crippen LogP contribution is 2.32. The van der Waals surface area contributed by atoms with Gasteiger partial charge in [0.2, 0.25) is 0 Å². The van der Waals surface area contributed by atoms with E-state index in [-0.39, 0.29) is 0 Å². The summed E-state index contributed by atoms with van der Waals surface area (Å²) in [4.78, 5) is 4.45. The molecular weight excluding hydrogens is 296 g/mol. The highest BCUT2D eigenvalue weighted by Gasteiger charge is 2.17. The van der Waals surface area contributed by atoms with Crippen molar-refractivity contribution in [3.63, 3.8) is 0 Å². The maximum absolute atomic E-state index is 4.45. The molecule has 1 aromatic carbocycles. The van der Waals surface area contributed by atoms with Crippen LogP contribution in [0.1, 0.15) is 29.7 Å². The third-order valence-corrected chi connectivity index (χ3v) is 4.89. The van der Waals surface area contributed by atoms with Gasteiger partial charge in [0, 0.05) is 41.3 Å². The first kappa shape index (κ1) is 15.2. The van der Waals surface area contributed by atoms with E-state index in [0.717, 1.165) is 25.3 Å². The molecule has 0 atom stereocenters. The molecule has 0 radical (unpaired) electrons. The van der Waals surface area contributed by atoms with Crippen molar-refractivity contribution in [1.82, 2.24) is 15.6 Å². The van der Waals surface area contributed by atoms with E-state index in [9.17, 15) is 0 Å². The smallest absolute Gasteiger partial charge is 0.0421 e. The summed E-state index contributed by atoms with van der Waals surface area (Å²) in [6.07, 6.45) is 8.52. The van der Waals surface area contributed by atoms with Crippen LogP contribution in [0.5, 0.6) is 0 Å². The van der Waals surface area contributed by atoms with Crippen LogP contribution < -0.4 is 16.0 Å². The van der Waals surface area contributed by atoms with Crippen molar-refractivity contribution in [3.05, 3.63) is 53.5 Å². The minimum atomic E-state index is 0.549. The van der Waals surface area contributed by atoms with Crippen LogP contribution in [-0.4, -0.2) is 24.1 Å². The fourth-order valence-electron chi connectivity index (χ4n) is 3.47. The van der Waals surface area contributed by atoms with Crippen molar-refractivity contribution in [2.45, 2.75) is 32.4 Å². The molecule has 3 N–H and O–H groups in total. The van der Waals surface area contributed by atoms with Gasteiger partial charge in [-0.3, -0.25) is 4.98 Å². The second-order valence-corrected chi connectivity index (χ2v) is 6.66.